The molecule has 0 spiro atoms. The molecular weight excluding hydrogens is 461 g/mol. The standard InChI is InChI=1S/C26H34FN7O2/c1-15(2)23(28-18(5)35)25-30-24-21(34-9-11-36-12-10-34)14-22(29-26(24)33(25)6)32-31-17(4)19-13-16(3)7-8-20(19)27/h7-8,13-15,23H,9-12H2,1-6H3,(H,28,35)(H,29,32)/b31-17+. The molecule has 3 aromatic rings. The molecular formula is C26H34FN7O2. The third-order valence-corrected chi connectivity index (χ3v) is 6.35. The number of imidazole rings is 1. The number of nitrogens with zero attached hydrogens (tertiary/aromatic N) is 5. The average Bonchev–Trinajstić information content (AvgIpc) is 3.18. The summed E-state index contributed by atoms with van der Waals surface area (Å²) in [6, 6.07) is 6.60. The van der Waals surface area contributed by atoms with Crippen LogP contribution >= 0.6 is 0 Å². The van der Waals surface area contributed by atoms with Crippen molar-refractivity contribution in [3.05, 3.63) is 47.0 Å². The first kappa shape index (κ1) is 25.6. The van der Waals surface area contributed by atoms with E-state index >= 15 is 0 Å². The Morgan fingerprint density at radius 2 is 1.89 bits per heavy atom. The van der Waals surface area contributed by atoms with E-state index in [0.717, 1.165) is 35.7 Å². The largest absolute Gasteiger partial charge is 0.378 e. The summed E-state index contributed by atoms with van der Waals surface area (Å²) in [5.41, 5.74) is 7.26. The number of aryl methyl sites for hydroxylation is 2. The van der Waals surface area contributed by atoms with Crippen LogP contribution in [-0.2, 0) is 16.6 Å². The van der Waals surface area contributed by atoms with Crippen molar-refractivity contribution in [2.45, 2.75) is 40.7 Å². The summed E-state index contributed by atoms with van der Waals surface area (Å²) >= 11 is 0. The molecule has 2 aromatic heterocycles. The van der Waals surface area contributed by atoms with Crippen molar-refractivity contribution >= 4 is 34.3 Å². The van der Waals surface area contributed by atoms with E-state index in [0.29, 0.717) is 36.0 Å². The van der Waals surface area contributed by atoms with E-state index in [1.54, 1.807) is 19.1 Å². The van der Waals surface area contributed by atoms with Gasteiger partial charge in [-0.25, -0.2) is 14.4 Å². The van der Waals surface area contributed by atoms with Crippen molar-refractivity contribution in [1.29, 1.82) is 0 Å². The lowest BCUT2D eigenvalue weighted by Crippen LogP contribution is -2.36. The average molecular weight is 496 g/mol. The Labute approximate surface area is 210 Å². The minimum absolute atomic E-state index is 0.113. The minimum Gasteiger partial charge on any atom is -0.378 e. The highest BCUT2D eigenvalue weighted by Gasteiger charge is 2.26. The topological polar surface area (TPSA) is 96.7 Å². The number of amides is 1. The maximum atomic E-state index is 14.4. The summed E-state index contributed by atoms with van der Waals surface area (Å²) in [5, 5.41) is 7.46. The van der Waals surface area contributed by atoms with E-state index in [1.165, 1.54) is 13.0 Å². The maximum absolute atomic E-state index is 14.4. The summed E-state index contributed by atoms with van der Waals surface area (Å²) in [7, 11) is 1.90. The van der Waals surface area contributed by atoms with Crippen molar-refractivity contribution in [1.82, 2.24) is 19.9 Å². The second-order valence-electron chi connectivity index (χ2n) is 9.54. The van der Waals surface area contributed by atoms with Crippen molar-refractivity contribution in [2.24, 2.45) is 18.1 Å². The van der Waals surface area contributed by atoms with Crippen molar-refractivity contribution in [2.75, 3.05) is 36.6 Å². The molecule has 0 saturated carbocycles. The first-order valence-electron chi connectivity index (χ1n) is 12.2. The number of rotatable bonds is 7. The van der Waals surface area contributed by atoms with Crippen LogP contribution in [0.4, 0.5) is 15.9 Å². The summed E-state index contributed by atoms with van der Waals surface area (Å²) in [5.74, 6) is 0.945. The van der Waals surface area contributed by atoms with Crippen LogP contribution in [0.5, 0.6) is 0 Å². The number of benzene rings is 1. The lowest BCUT2D eigenvalue weighted by Gasteiger charge is -2.29. The second kappa shape index (κ2) is 10.6. The van der Waals surface area contributed by atoms with Gasteiger partial charge in [-0.2, -0.15) is 5.10 Å². The molecule has 36 heavy (non-hydrogen) atoms. The maximum Gasteiger partial charge on any atom is 0.217 e. The summed E-state index contributed by atoms with van der Waals surface area (Å²) in [6.45, 7) is 12.0. The van der Waals surface area contributed by atoms with E-state index in [9.17, 15) is 9.18 Å². The van der Waals surface area contributed by atoms with Gasteiger partial charge in [-0.3, -0.25) is 10.2 Å². The molecule has 192 valence electrons. The number of hydrazone groups is 1. The first-order chi connectivity index (χ1) is 17.2. The molecule has 1 aromatic carbocycles. The van der Waals surface area contributed by atoms with E-state index < -0.39 is 0 Å². The number of morpholine rings is 1. The Morgan fingerprint density at radius 3 is 2.56 bits per heavy atom. The Kier molecular flexibility index (Phi) is 7.53. The van der Waals surface area contributed by atoms with Gasteiger partial charge in [-0.15, -0.1) is 0 Å². The predicted octanol–water partition coefficient (Wildman–Crippen LogP) is 3.92. The number of pyridine rings is 1. The van der Waals surface area contributed by atoms with Gasteiger partial charge in [0.25, 0.3) is 0 Å². The van der Waals surface area contributed by atoms with Gasteiger partial charge in [0.15, 0.2) is 11.5 Å². The number of anilines is 2. The summed E-state index contributed by atoms with van der Waals surface area (Å²) < 4.78 is 21.8. The molecule has 0 aliphatic carbocycles. The molecule has 1 amide bonds. The molecule has 3 heterocycles. The monoisotopic (exact) mass is 495 g/mol. The molecule has 1 atom stereocenters. The van der Waals surface area contributed by atoms with Crippen LogP contribution in [0.15, 0.2) is 29.4 Å². The van der Waals surface area contributed by atoms with Gasteiger partial charge in [-0.05, 0) is 31.9 Å². The lowest BCUT2D eigenvalue weighted by atomic mass is 10.0. The highest BCUT2D eigenvalue weighted by Crippen LogP contribution is 2.32. The lowest BCUT2D eigenvalue weighted by molar-refractivity contribution is -0.120. The van der Waals surface area contributed by atoms with Crippen molar-refractivity contribution in [3.63, 3.8) is 0 Å². The number of hydrogen-bond donors (Lipinski definition) is 2. The highest BCUT2D eigenvalue weighted by molar-refractivity contribution is 5.99. The quantitative estimate of drug-likeness (QED) is 0.381. The van der Waals surface area contributed by atoms with Gasteiger partial charge < -0.3 is 19.5 Å². The van der Waals surface area contributed by atoms with Crippen LogP contribution < -0.4 is 15.6 Å². The van der Waals surface area contributed by atoms with E-state index in [-0.39, 0.29) is 23.7 Å². The Balaban J connectivity index is 1.79. The van der Waals surface area contributed by atoms with E-state index in [1.807, 2.05) is 38.5 Å². The zero-order valence-electron chi connectivity index (χ0n) is 21.7. The zero-order chi connectivity index (χ0) is 26.0. The van der Waals surface area contributed by atoms with Gasteiger partial charge in [0.1, 0.15) is 17.2 Å². The summed E-state index contributed by atoms with van der Waals surface area (Å²) in [4.78, 5) is 23.9. The smallest absolute Gasteiger partial charge is 0.217 e. The fourth-order valence-electron chi connectivity index (χ4n) is 4.40. The predicted molar refractivity (Wildman–Crippen MR) is 140 cm³/mol. The van der Waals surface area contributed by atoms with Crippen LogP contribution in [-0.4, -0.2) is 52.5 Å². The third-order valence-electron chi connectivity index (χ3n) is 6.35. The molecule has 1 aliphatic rings. The highest BCUT2D eigenvalue weighted by atomic mass is 19.1. The van der Waals surface area contributed by atoms with Crippen LogP contribution in [0.25, 0.3) is 11.2 Å². The fraction of sp³-hybridized carbons (Fsp3) is 0.462. The van der Waals surface area contributed by atoms with Gasteiger partial charge in [0.2, 0.25) is 5.91 Å². The molecule has 1 saturated heterocycles. The number of nitrogens with one attached hydrogen (secondary N) is 2. The number of carbonyl (C=O) groups is 1. The molecule has 1 fully saturated rings. The Morgan fingerprint density at radius 1 is 1.17 bits per heavy atom. The van der Waals surface area contributed by atoms with E-state index in [2.05, 4.69) is 20.7 Å². The molecule has 10 heteroatoms. The fourth-order valence-corrected chi connectivity index (χ4v) is 4.40. The van der Waals surface area contributed by atoms with Gasteiger partial charge in [0.05, 0.1) is 30.7 Å². The van der Waals surface area contributed by atoms with Crippen LogP contribution in [0, 0.1) is 18.7 Å². The molecule has 1 unspecified atom stereocenters. The third kappa shape index (κ3) is 5.33. The molecule has 4 rings (SSSR count). The number of ether oxygens (including phenoxy) is 1. The first-order valence-corrected chi connectivity index (χ1v) is 12.2. The molecule has 9 nitrogen and oxygen atoms in total. The molecule has 2 N–H and O–H groups in total. The number of aromatic nitrogens is 3. The Bertz CT molecular complexity index is 1300. The normalized spacial score (nSPS) is 15.4. The van der Waals surface area contributed by atoms with Gasteiger partial charge in [-0.1, -0.05) is 25.5 Å². The minimum atomic E-state index is -0.324. The van der Waals surface area contributed by atoms with Crippen molar-refractivity contribution in [3.8, 4) is 0 Å². The van der Waals surface area contributed by atoms with E-state index in [4.69, 9.17) is 14.7 Å². The summed E-state index contributed by atoms with van der Waals surface area (Å²) in [6.07, 6.45) is 0. The number of halogens is 1. The molecule has 0 radical (unpaired) electrons. The van der Waals surface area contributed by atoms with Gasteiger partial charge in [0, 0.05) is 38.7 Å². The number of hydrogen-bond acceptors (Lipinski definition) is 7. The zero-order valence-corrected chi connectivity index (χ0v) is 21.7. The van der Waals surface area contributed by atoms with Gasteiger partial charge >= 0.3 is 0 Å². The number of carbonyl (C=O) groups excluding carboxylic acids is 1. The van der Waals surface area contributed by atoms with Crippen LogP contribution in [0.3, 0.4) is 0 Å². The number of fused-ring (bicyclic) bond motifs is 1. The molecule has 0 bridgehead atoms. The van der Waals surface area contributed by atoms with Crippen LogP contribution in [0.1, 0.15) is 50.7 Å². The second-order valence-corrected chi connectivity index (χ2v) is 9.54. The van der Waals surface area contributed by atoms with Crippen LogP contribution in [0.2, 0.25) is 0 Å². The molecule has 1 aliphatic heterocycles. The van der Waals surface area contributed by atoms with Crippen molar-refractivity contribution < 1.29 is 13.9 Å². The SMILES string of the molecule is CC(=O)NC(c1nc2c(N3CCOCC3)cc(N/N=C(\C)c3cc(C)ccc3F)nc2n1C)C(C)C. The Hall–Kier alpha value is -3.53.